The number of quaternary nitrogens is 1. The van der Waals surface area contributed by atoms with Gasteiger partial charge in [-0.25, -0.2) is 0 Å². The molecule has 1 saturated carbocycles. The highest BCUT2D eigenvalue weighted by Gasteiger charge is 2.48. The van der Waals surface area contributed by atoms with E-state index in [9.17, 15) is 0 Å². The third-order valence-electron chi connectivity index (χ3n) is 7.25. The Kier molecular flexibility index (Phi) is 5.21. The summed E-state index contributed by atoms with van der Waals surface area (Å²) in [5, 5.41) is 0. The van der Waals surface area contributed by atoms with Crippen molar-refractivity contribution in [1.82, 2.24) is 4.90 Å². The largest absolute Gasteiger partial charge is 0.489 e. The Morgan fingerprint density at radius 3 is 2.70 bits per heavy atom. The number of ether oxygens (including phenoxy) is 1. The first-order chi connectivity index (χ1) is 16.2. The number of nitrogens with two attached hydrogens (primary N) is 1. The van der Waals surface area contributed by atoms with E-state index in [1.54, 1.807) is 6.20 Å². The third-order valence-corrected chi connectivity index (χ3v) is 7.25. The van der Waals surface area contributed by atoms with Crippen molar-refractivity contribution in [3.05, 3.63) is 89.5 Å². The lowest BCUT2D eigenvalue weighted by Crippen LogP contribution is -2.53. The minimum Gasteiger partial charge on any atom is -0.489 e. The van der Waals surface area contributed by atoms with E-state index < -0.39 is 0 Å². The molecule has 6 nitrogen and oxygen atoms in total. The van der Waals surface area contributed by atoms with Crippen LogP contribution in [0.25, 0.3) is 0 Å². The predicted octanol–water partition coefficient (Wildman–Crippen LogP) is 4.22. The van der Waals surface area contributed by atoms with Crippen molar-refractivity contribution in [2.45, 2.75) is 25.9 Å². The Bertz CT molecular complexity index is 1160. The van der Waals surface area contributed by atoms with Gasteiger partial charge in [-0.2, -0.15) is 10.8 Å². The van der Waals surface area contributed by atoms with Gasteiger partial charge in [0, 0.05) is 12.5 Å². The van der Waals surface area contributed by atoms with Crippen LogP contribution >= 0.6 is 0 Å². The number of hydrogen-bond acceptors (Lipinski definition) is 5. The van der Waals surface area contributed by atoms with Gasteiger partial charge >= 0.3 is 0 Å². The normalized spacial score (nSPS) is 28.2. The molecule has 4 aliphatic rings. The quantitative estimate of drug-likeness (QED) is 0.518. The van der Waals surface area contributed by atoms with E-state index in [0.717, 1.165) is 40.0 Å². The van der Waals surface area contributed by atoms with E-state index >= 15 is 0 Å². The second-order valence-electron chi connectivity index (χ2n) is 9.55. The molecule has 168 valence electrons. The fourth-order valence-electron chi connectivity index (χ4n) is 5.21. The molecule has 1 aliphatic carbocycles. The number of fused-ring (bicyclic) bond motifs is 1. The average Bonchev–Trinajstić information content (AvgIpc) is 3.09. The highest BCUT2D eigenvalue weighted by Crippen LogP contribution is 2.45. The van der Waals surface area contributed by atoms with Gasteiger partial charge in [0.2, 0.25) is 5.70 Å². The number of rotatable bonds is 7. The summed E-state index contributed by atoms with van der Waals surface area (Å²) < 4.78 is 6.15. The van der Waals surface area contributed by atoms with Crippen molar-refractivity contribution >= 4 is 12.1 Å². The maximum absolute atomic E-state index is 6.93. The Balaban J connectivity index is 1.22. The smallest absolute Gasteiger partial charge is 0.265 e. The van der Waals surface area contributed by atoms with Crippen molar-refractivity contribution in [3.63, 3.8) is 0 Å². The van der Waals surface area contributed by atoms with Crippen LogP contribution in [0.4, 0.5) is 0 Å². The Morgan fingerprint density at radius 1 is 1.06 bits per heavy atom. The molecule has 1 saturated heterocycles. The number of allylic oxidation sites excluding steroid dienone is 2. The zero-order chi connectivity index (χ0) is 22.3. The van der Waals surface area contributed by atoms with Gasteiger partial charge < -0.3 is 9.64 Å². The molecular formula is C27H30N5O+. The molecule has 0 spiro atoms. The minimum atomic E-state index is 0.0776. The molecule has 2 fully saturated rings. The predicted molar refractivity (Wildman–Crippen MR) is 130 cm³/mol. The number of hydrogen-bond donors (Lipinski definition) is 1. The van der Waals surface area contributed by atoms with Gasteiger partial charge in [-0.3, -0.25) is 4.99 Å². The summed E-state index contributed by atoms with van der Waals surface area (Å²) >= 11 is 0. The first-order valence-electron chi connectivity index (χ1n) is 11.9. The summed E-state index contributed by atoms with van der Waals surface area (Å²) in [5.74, 6) is 9.81. The van der Waals surface area contributed by atoms with Crippen LogP contribution in [0.15, 0.2) is 88.4 Å². The molecule has 2 aromatic rings. The number of nitrogens with zero attached hydrogens (tertiary/aromatic N) is 4. The summed E-state index contributed by atoms with van der Waals surface area (Å²) in [4.78, 5) is 12.1. The Morgan fingerprint density at radius 2 is 1.91 bits per heavy atom. The standard InChI is InChI=1S/C27H30N5O/c28-32-13-10-29-17-25(32)26(23-14-21(15-23)18-31-11-5-12-31)30-27(32)22-8-4-9-24(16-22)33-19-20-6-2-1-3-7-20/h1-4,6-10,13,16-17,21,23H,5,11-12,14-15,18-19,28H2/q+1. The van der Waals surface area contributed by atoms with Gasteiger partial charge in [0.15, 0.2) is 0 Å². The van der Waals surface area contributed by atoms with Gasteiger partial charge in [0.25, 0.3) is 5.84 Å². The number of aliphatic imine (C=N–C) groups is 2. The molecule has 0 amide bonds. The first-order valence-corrected chi connectivity index (χ1v) is 11.9. The highest BCUT2D eigenvalue weighted by atomic mass is 16.5. The van der Waals surface area contributed by atoms with Crippen molar-refractivity contribution in [1.29, 1.82) is 0 Å². The Hall–Kier alpha value is -3.06. The molecule has 33 heavy (non-hydrogen) atoms. The van der Waals surface area contributed by atoms with Crippen molar-refractivity contribution in [2.24, 2.45) is 27.7 Å². The summed E-state index contributed by atoms with van der Waals surface area (Å²) in [6.07, 6.45) is 9.31. The van der Waals surface area contributed by atoms with E-state index in [1.165, 1.54) is 38.9 Å². The monoisotopic (exact) mass is 440 g/mol. The van der Waals surface area contributed by atoms with Gasteiger partial charge in [-0.15, -0.1) is 4.59 Å². The van der Waals surface area contributed by atoms with Crippen LogP contribution in [-0.4, -0.2) is 41.2 Å². The molecule has 0 bridgehead atoms. The maximum atomic E-state index is 6.93. The lowest BCUT2D eigenvalue weighted by Gasteiger charge is -2.41. The van der Waals surface area contributed by atoms with Gasteiger partial charge in [-0.05, 0) is 62.0 Å². The number of likely N-dealkylation sites (tertiary alicyclic amines) is 1. The van der Waals surface area contributed by atoms with Crippen LogP contribution in [0.5, 0.6) is 5.75 Å². The summed E-state index contributed by atoms with van der Waals surface area (Å²) in [6.45, 7) is 4.29. The van der Waals surface area contributed by atoms with Crippen molar-refractivity contribution in [2.75, 3.05) is 19.6 Å². The maximum Gasteiger partial charge on any atom is 0.265 e. The van der Waals surface area contributed by atoms with E-state index in [-0.39, 0.29) is 4.59 Å². The zero-order valence-corrected chi connectivity index (χ0v) is 18.8. The molecule has 1 unspecified atom stereocenters. The van der Waals surface area contributed by atoms with Gasteiger partial charge in [-0.1, -0.05) is 36.4 Å². The lowest BCUT2D eigenvalue weighted by atomic mass is 9.72. The SMILES string of the molecule is N[N+]12C=CN=CC1=C(C1CC(CN3CCC3)C1)N=C2c1cccc(OCc2ccccc2)c1. The van der Waals surface area contributed by atoms with E-state index in [2.05, 4.69) is 28.1 Å². The van der Waals surface area contributed by atoms with E-state index in [1.807, 2.05) is 48.8 Å². The molecule has 2 aromatic carbocycles. The molecule has 3 heterocycles. The van der Waals surface area contributed by atoms with Crippen LogP contribution in [-0.2, 0) is 6.61 Å². The second kappa shape index (κ2) is 8.37. The van der Waals surface area contributed by atoms with Crippen LogP contribution < -0.4 is 10.6 Å². The minimum absolute atomic E-state index is 0.0776. The molecule has 2 N–H and O–H groups in total. The highest BCUT2D eigenvalue weighted by molar-refractivity contribution is 6.00. The molecule has 1 atom stereocenters. The summed E-state index contributed by atoms with van der Waals surface area (Å²) in [5.41, 5.74) is 4.22. The van der Waals surface area contributed by atoms with Crippen molar-refractivity contribution in [3.8, 4) is 5.75 Å². The number of benzene rings is 2. The molecule has 6 heteroatoms. The van der Waals surface area contributed by atoms with E-state index in [4.69, 9.17) is 15.6 Å². The third kappa shape index (κ3) is 3.84. The fourth-order valence-corrected chi connectivity index (χ4v) is 5.21. The van der Waals surface area contributed by atoms with Crippen LogP contribution in [0.1, 0.15) is 30.4 Å². The molecule has 0 radical (unpaired) electrons. The van der Waals surface area contributed by atoms with Crippen molar-refractivity contribution < 1.29 is 9.33 Å². The van der Waals surface area contributed by atoms with Gasteiger partial charge in [0.05, 0.1) is 18.0 Å². The average molecular weight is 441 g/mol. The summed E-state index contributed by atoms with van der Waals surface area (Å²) in [6, 6.07) is 18.3. The lowest BCUT2D eigenvalue weighted by molar-refractivity contribution is -0.750. The first kappa shape index (κ1) is 20.5. The molecule has 6 rings (SSSR count). The van der Waals surface area contributed by atoms with E-state index in [0.29, 0.717) is 12.5 Å². The molecule has 0 aromatic heterocycles. The Labute approximate surface area is 195 Å². The molecule has 3 aliphatic heterocycles. The zero-order valence-electron chi connectivity index (χ0n) is 18.8. The fraction of sp³-hybridized carbons (Fsp3) is 0.333. The van der Waals surface area contributed by atoms with Crippen LogP contribution in [0.2, 0.25) is 0 Å². The van der Waals surface area contributed by atoms with Gasteiger partial charge in [0.1, 0.15) is 24.3 Å². The van der Waals surface area contributed by atoms with Crippen LogP contribution in [0.3, 0.4) is 0 Å². The number of amidine groups is 1. The summed E-state index contributed by atoms with van der Waals surface area (Å²) in [7, 11) is 0. The topological polar surface area (TPSA) is 63.2 Å². The molecular weight excluding hydrogens is 410 g/mol. The van der Waals surface area contributed by atoms with Crippen LogP contribution in [0, 0.1) is 11.8 Å². The second-order valence-corrected chi connectivity index (χ2v) is 9.55.